The van der Waals surface area contributed by atoms with Crippen LogP contribution < -0.4 is 4.90 Å². The van der Waals surface area contributed by atoms with Crippen molar-refractivity contribution in [2.45, 2.75) is 39.2 Å². The van der Waals surface area contributed by atoms with Gasteiger partial charge in [-0.25, -0.2) is 14.4 Å². The second-order valence-corrected chi connectivity index (χ2v) is 7.20. The predicted molar refractivity (Wildman–Crippen MR) is 89.5 cm³/mol. The predicted octanol–water partition coefficient (Wildman–Crippen LogP) is 3.62. The number of nitrogens with zero attached hydrogens (tertiary/aromatic N) is 4. The standard InChI is InChI=1S/C18H19FN4O/c1-18(2,3)16-20-9-11-10-23(7-6-13(11)21-16)17-22-14-5-4-12(19)8-15(14)24-17/h4-5,8-9H,6-7,10H2,1-3H3. The molecule has 1 aromatic carbocycles. The van der Waals surface area contributed by atoms with Crippen molar-refractivity contribution in [2.75, 3.05) is 11.4 Å². The average Bonchev–Trinajstić information content (AvgIpc) is 2.96. The van der Waals surface area contributed by atoms with Gasteiger partial charge in [-0.05, 0) is 12.1 Å². The van der Waals surface area contributed by atoms with Gasteiger partial charge in [0.15, 0.2) is 5.58 Å². The fourth-order valence-electron chi connectivity index (χ4n) is 2.86. The van der Waals surface area contributed by atoms with Gasteiger partial charge in [0, 0.05) is 36.2 Å². The SMILES string of the molecule is CC(C)(C)c1ncc2c(n1)CCN(c1nc3ccc(F)cc3o1)C2. The van der Waals surface area contributed by atoms with Crippen LogP contribution in [0.2, 0.25) is 0 Å². The maximum atomic E-state index is 13.3. The quantitative estimate of drug-likeness (QED) is 0.684. The smallest absolute Gasteiger partial charge is 0.298 e. The Balaban J connectivity index is 1.63. The number of fused-ring (bicyclic) bond motifs is 2. The Morgan fingerprint density at radius 3 is 2.83 bits per heavy atom. The zero-order valence-electron chi connectivity index (χ0n) is 14.0. The summed E-state index contributed by atoms with van der Waals surface area (Å²) in [7, 11) is 0. The zero-order chi connectivity index (χ0) is 16.9. The van der Waals surface area contributed by atoms with Crippen LogP contribution in [0, 0.1) is 5.82 Å². The normalized spacial score (nSPS) is 14.9. The van der Waals surface area contributed by atoms with E-state index >= 15 is 0 Å². The van der Waals surface area contributed by atoms with E-state index in [2.05, 4.69) is 30.7 Å². The molecule has 4 rings (SSSR count). The van der Waals surface area contributed by atoms with Crippen LogP contribution in [-0.2, 0) is 18.4 Å². The molecule has 0 saturated heterocycles. The molecule has 0 unspecified atom stereocenters. The fraction of sp³-hybridized carbons (Fsp3) is 0.389. The van der Waals surface area contributed by atoms with Gasteiger partial charge in [0.25, 0.3) is 6.01 Å². The van der Waals surface area contributed by atoms with Gasteiger partial charge in [-0.2, -0.15) is 4.98 Å². The van der Waals surface area contributed by atoms with E-state index in [1.165, 1.54) is 12.1 Å². The Labute approximate surface area is 139 Å². The summed E-state index contributed by atoms with van der Waals surface area (Å²) in [6.45, 7) is 7.75. The van der Waals surface area contributed by atoms with Crippen LogP contribution in [0.15, 0.2) is 28.8 Å². The van der Waals surface area contributed by atoms with Crippen molar-refractivity contribution in [2.24, 2.45) is 0 Å². The summed E-state index contributed by atoms with van der Waals surface area (Å²) in [5, 5.41) is 0. The number of hydrogen-bond acceptors (Lipinski definition) is 5. The van der Waals surface area contributed by atoms with Crippen molar-refractivity contribution in [1.82, 2.24) is 15.0 Å². The number of benzene rings is 1. The van der Waals surface area contributed by atoms with Crippen molar-refractivity contribution in [3.63, 3.8) is 0 Å². The third kappa shape index (κ3) is 2.62. The lowest BCUT2D eigenvalue weighted by Crippen LogP contribution is -2.32. The number of hydrogen-bond donors (Lipinski definition) is 0. The lowest BCUT2D eigenvalue weighted by Gasteiger charge is -2.27. The van der Waals surface area contributed by atoms with Gasteiger partial charge in [-0.15, -0.1) is 0 Å². The molecule has 0 spiro atoms. The first-order valence-electron chi connectivity index (χ1n) is 8.06. The van der Waals surface area contributed by atoms with E-state index < -0.39 is 0 Å². The van der Waals surface area contributed by atoms with E-state index in [1.807, 2.05) is 11.1 Å². The maximum absolute atomic E-state index is 13.3. The largest absolute Gasteiger partial charge is 0.423 e. The topological polar surface area (TPSA) is 55.1 Å². The van der Waals surface area contributed by atoms with Gasteiger partial charge in [-0.1, -0.05) is 20.8 Å². The van der Waals surface area contributed by atoms with E-state index in [0.29, 0.717) is 23.7 Å². The van der Waals surface area contributed by atoms with Crippen LogP contribution in [0.5, 0.6) is 0 Å². The van der Waals surface area contributed by atoms with Crippen LogP contribution in [0.3, 0.4) is 0 Å². The molecule has 0 fully saturated rings. The number of halogens is 1. The molecule has 0 saturated carbocycles. The van der Waals surface area contributed by atoms with Crippen LogP contribution in [0.4, 0.5) is 10.4 Å². The third-order valence-corrected chi connectivity index (χ3v) is 4.21. The molecule has 0 aliphatic carbocycles. The molecule has 0 amide bonds. The fourth-order valence-corrected chi connectivity index (χ4v) is 2.86. The lowest BCUT2D eigenvalue weighted by atomic mass is 9.95. The lowest BCUT2D eigenvalue weighted by molar-refractivity contribution is 0.524. The van der Waals surface area contributed by atoms with Gasteiger partial charge in [0.1, 0.15) is 17.2 Å². The molecule has 1 aliphatic heterocycles. The summed E-state index contributed by atoms with van der Waals surface area (Å²) in [6, 6.07) is 4.90. The maximum Gasteiger partial charge on any atom is 0.298 e. The Bertz CT molecular complexity index is 913. The first kappa shape index (κ1) is 15.1. The summed E-state index contributed by atoms with van der Waals surface area (Å²) < 4.78 is 19.0. The highest BCUT2D eigenvalue weighted by atomic mass is 19.1. The van der Waals surface area contributed by atoms with Gasteiger partial charge in [0.2, 0.25) is 0 Å². The van der Waals surface area contributed by atoms with Gasteiger partial charge in [0.05, 0.1) is 12.2 Å². The Hall–Kier alpha value is -2.50. The molecule has 3 aromatic rings. The molecule has 0 N–H and O–H groups in total. The van der Waals surface area contributed by atoms with Crippen LogP contribution in [-0.4, -0.2) is 21.5 Å². The first-order chi connectivity index (χ1) is 11.4. The minimum absolute atomic E-state index is 0.0590. The van der Waals surface area contributed by atoms with E-state index in [1.54, 1.807) is 6.07 Å². The van der Waals surface area contributed by atoms with Gasteiger partial charge < -0.3 is 9.32 Å². The molecule has 3 heterocycles. The monoisotopic (exact) mass is 326 g/mol. The molecule has 6 heteroatoms. The Kier molecular flexibility index (Phi) is 3.30. The minimum atomic E-state index is -0.322. The minimum Gasteiger partial charge on any atom is -0.423 e. The van der Waals surface area contributed by atoms with Crippen LogP contribution >= 0.6 is 0 Å². The molecule has 0 atom stereocenters. The molecule has 0 bridgehead atoms. The van der Waals surface area contributed by atoms with Crippen molar-refractivity contribution in [3.05, 3.63) is 47.3 Å². The number of rotatable bonds is 1. The number of anilines is 1. The molecule has 124 valence electrons. The molecule has 2 aromatic heterocycles. The zero-order valence-corrected chi connectivity index (χ0v) is 14.0. The van der Waals surface area contributed by atoms with Crippen molar-refractivity contribution in [3.8, 4) is 0 Å². The number of oxazole rings is 1. The summed E-state index contributed by atoms with van der Waals surface area (Å²) >= 11 is 0. The molecule has 0 radical (unpaired) electrons. The number of aromatic nitrogens is 3. The Morgan fingerprint density at radius 1 is 1.21 bits per heavy atom. The van der Waals surface area contributed by atoms with Crippen LogP contribution in [0.25, 0.3) is 11.1 Å². The second-order valence-electron chi connectivity index (χ2n) is 7.20. The molecule has 5 nitrogen and oxygen atoms in total. The highest BCUT2D eigenvalue weighted by Crippen LogP contribution is 2.28. The third-order valence-electron chi connectivity index (χ3n) is 4.21. The molecular formula is C18H19FN4O. The van der Waals surface area contributed by atoms with Gasteiger partial charge >= 0.3 is 0 Å². The van der Waals surface area contributed by atoms with E-state index in [9.17, 15) is 4.39 Å². The van der Waals surface area contributed by atoms with Crippen molar-refractivity contribution >= 4 is 17.1 Å². The average molecular weight is 326 g/mol. The highest BCUT2D eigenvalue weighted by molar-refractivity contribution is 5.74. The van der Waals surface area contributed by atoms with E-state index in [-0.39, 0.29) is 11.2 Å². The summed E-state index contributed by atoms with van der Waals surface area (Å²) in [6.07, 6.45) is 2.71. The summed E-state index contributed by atoms with van der Waals surface area (Å²) in [5.41, 5.74) is 3.25. The van der Waals surface area contributed by atoms with E-state index in [0.717, 1.165) is 30.0 Å². The second kappa shape index (κ2) is 5.26. The highest BCUT2D eigenvalue weighted by Gasteiger charge is 2.25. The molecular weight excluding hydrogens is 307 g/mol. The molecule has 24 heavy (non-hydrogen) atoms. The summed E-state index contributed by atoms with van der Waals surface area (Å²) in [5.74, 6) is 0.546. The van der Waals surface area contributed by atoms with E-state index in [4.69, 9.17) is 9.40 Å². The molecule has 1 aliphatic rings. The van der Waals surface area contributed by atoms with Crippen LogP contribution in [0.1, 0.15) is 37.9 Å². The first-order valence-corrected chi connectivity index (χ1v) is 8.06. The summed E-state index contributed by atoms with van der Waals surface area (Å²) in [4.78, 5) is 15.7. The van der Waals surface area contributed by atoms with Crippen molar-refractivity contribution in [1.29, 1.82) is 0 Å². The Morgan fingerprint density at radius 2 is 2.04 bits per heavy atom. The van der Waals surface area contributed by atoms with Gasteiger partial charge in [-0.3, -0.25) is 0 Å². The van der Waals surface area contributed by atoms with Crippen molar-refractivity contribution < 1.29 is 8.81 Å².